The minimum atomic E-state index is -0.208. The standard InChI is InChI=1S/C20H23FN6.HI/c1-22-20(24-9-8-16-4-3-7-19(21)11-16)25-12-17-5-2-6-18(10-17)13-27-15-23-14-26-27;/h2-7,10-11,14-15H,8-9,12-13H2,1H3,(H2,22,24,25);1H. The Kier molecular flexibility index (Phi) is 8.86. The Balaban J connectivity index is 0.00000280. The van der Waals surface area contributed by atoms with Crippen LogP contribution in [0.25, 0.3) is 0 Å². The summed E-state index contributed by atoms with van der Waals surface area (Å²) in [6, 6.07) is 15.0. The van der Waals surface area contributed by atoms with Crippen molar-refractivity contribution < 1.29 is 4.39 Å². The molecule has 0 aliphatic heterocycles. The van der Waals surface area contributed by atoms with Gasteiger partial charge < -0.3 is 10.6 Å². The Morgan fingerprint density at radius 3 is 2.61 bits per heavy atom. The van der Waals surface area contributed by atoms with Gasteiger partial charge in [-0.15, -0.1) is 24.0 Å². The van der Waals surface area contributed by atoms with Gasteiger partial charge in [-0.05, 0) is 35.2 Å². The average Bonchev–Trinajstić information content (AvgIpc) is 3.18. The van der Waals surface area contributed by atoms with Crippen LogP contribution in [0.3, 0.4) is 0 Å². The Bertz CT molecular complexity index is 882. The van der Waals surface area contributed by atoms with Gasteiger partial charge in [-0.1, -0.05) is 36.4 Å². The number of hydrogen-bond donors (Lipinski definition) is 2. The molecule has 0 unspecified atom stereocenters. The van der Waals surface area contributed by atoms with Crippen LogP contribution >= 0.6 is 24.0 Å². The molecule has 0 aliphatic rings. The molecule has 6 nitrogen and oxygen atoms in total. The van der Waals surface area contributed by atoms with E-state index in [1.807, 2.05) is 12.1 Å². The average molecular weight is 494 g/mol. The van der Waals surface area contributed by atoms with Gasteiger partial charge in [-0.25, -0.2) is 14.1 Å². The zero-order chi connectivity index (χ0) is 18.9. The highest BCUT2D eigenvalue weighted by Gasteiger charge is 2.02. The zero-order valence-electron chi connectivity index (χ0n) is 15.7. The summed E-state index contributed by atoms with van der Waals surface area (Å²) in [6.07, 6.45) is 3.96. The second kappa shape index (κ2) is 11.4. The number of nitrogens with one attached hydrogen (secondary N) is 2. The summed E-state index contributed by atoms with van der Waals surface area (Å²) in [5.74, 6) is 0.508. The summed E-state index contributed by atoms with van der Waals surface area (Å²) >= 11 is 0. The second-order valence-electron chi connectivity index (χ2n) is 6.15. The molecule has 3 aromatic rings. The van der Waals surface area contributed by atoms with Gasteiger partial charge >= 0.3 is 0 Å². The van der Waals surface area contributed by atoms with Crippen LogP contribution in [0, 0.1) is 5.82 Å². The maximum absolute atomic E-state index is 13.2. The van der Waals surface area contributed by atoms with Crippen molar-refractivity contribution in [1.29, 1.82) is 0 Å². The third-order valence-electron chi connectivity index (χ3n) is 4.08. The van der Waals surface area contributed by atoms with Crippen LogP contribution in [-0.4, -0.2) is 34.3 Å². The molecule has 0 bridgehead atoms. The monoisotopic (exact) mass is 494 g/mol. The van der Waals surface area contributed by atoms with E-state index >= 15 is 0 Å². The van der Waals surface area contributed by atoms with Crippen LogP contribution in [0.1, 0.15) is 16.7 Å². The Labute approximate surface area is 181 Å². The number of halogens is 2. The molecule has 0 saturated heterocycles. The molecule has 0 radical (unpaired) electrons. The maximum atomic E-state index is 13.2. The first-order valence-electron chi connectivity index (χ1n) is 8.82. The minimum Gasteiger partial charge on any atom is -0.356 e. The lowest BCUT2D eigenvalue weighted by atomic mass is 10.1. The van der Waals surface area contributed by atoms with E-state index < -0.39 is 0 Å². The molecule has 1 heterocycles. The molecule has 0 saturated carbocycles. The molecule has 0 atom stereocenters. The molecule has 2 N–H and O–H groups in total. The summed E-state index contributed by atoms with van der Waals surface area (Å²) < 4.78 is 15.0. The summed E-state index contributed by atoms with van der Waals surface area (Å²) in [4.78, 5) is 8.19. The first kappa shape index (κ1) is 21.8. The summed E-state index contributed by atoms with van der Waals surface area (Å²) in [5, 5.41) is 10.7. The van der Waals surface area contributed by atoms with Crippen LogP contribution in [0.5, 0.6) is 0 Å². The highest BCUT2D eigenvalue weighted by Crippen LogP contribution is 2.07. The number of guanidine groups is 1. The van der Waals surface area contributed by atoms with E-state index in [4.69, 9.17) is 0 Å². The van der Waals surface area contributed by atoms with Crippen LogP contribution in [0.2, 0.25) is 0 Å². The molecule has 8 heteroatoms. The van der Waals surface area contributed by atoms with Crippen LogP contribution < -0.4 is 10.6 Å². The highest BCUT2D eigenvalue weighted by atomic mass is 127. The van der Waals surface area contributed by atoms with Crippen molar-refractivity contribution in [3.63, 3.8) is 0 Å². The molecule has 3 rings (SSSR count). The number of rotatable bonds is 7. The Hall–Kier alpha value is -2.49. The Morgan fingerprint density at radius 1 is 1.07 bits per heavy atom. The molecule has 1 aromatic heterocycles. The van der Waals surface area contributed by atoms with E-state index in [0.29, 0.717) is 25.6 Å². The molecular weight excluding hydrogens is 470 g/mol. The van der Waals surface area contributed by atoms with Gasteiger partial charge in [0.05, 0.1) is 6.54 Å². The van der Waals surface area contributed by atoms with Gasteiger partial charge in [0.25, 0.3) is 0 Å². The number of nitrogens with zero attached hydrogens (tertiary/aromatic N) is 4. The van der Waals surface area contributed by atoms with Crippen molar-refractivity contribution in [2.45, 2.75) is 19.5 Å². The molecule has 148 valence electrons. The first-order valence-corrected chi connectivity index (χ1v) is 8.82. The zero-order valence-corrected chi connectivity index (χ0v) is 18.0. The number of aromatic nitrogens is 3. The molecule has 0 amide bonds. The third-order valence-corrected chi connectivity index (χ3v) is 4.08. The summed E-state index contributed by atoms with van der Waals surface area (Å²) in [5.41, 5.74) is 3.27. The van der Waals surface area contributed by atoms with Crippen LogP contribution in [0.15, 0.2) is 66.2 Å². The lowest BCUT2D eigenvalue weighted by Gasteiger charge is -2.12. The quantitative estimate of drug-likeness (QED) is 0.301. The van der Waals surface area contributed by atoms with Gasteiger partial charge in [0.15, 0.2) is 5.96 Å². The Morgan fingerprint density at radius 2 is 1.86 bits per heavy atom. The number of aliphatic imine (C=N–C) groups is 1. The molecule has 0 fully saturated rings. The lowest BCUT2D eigenvalue weighted by molar-refractivity contribution is 0.625. The van der Waals surface area contributed by atoms with Gasteiger partial charge in [-0.3, -0.25) is 4.99 Å². The summed E-state index contributed by atoms with van der Waals surface area (Å²) in [6.45, 7) is 2.02. The second-order valence-corrected chi connectivity index (χ2v) is 6.15. The van der Waals surface area contributed by atoms with Crippen LogP contribution in [0.4, 0.5) is 4.39 Å². The largest absolute Gasteiger partial charge is 0.356 e. The fourth-order valence-electron chi connectivity index (χ4n) is 2.76. The van der Waals surface area contributed by atoms with E-state index in [9.17, 15) is 4.39 Å². The molecule has 2 aromatic carbocycles. The predicted molar refractivity (Wildman–Crippen MR) is 119 cm³/mol. The van der Waals surface area contributed by atoms with Gasteiger partial charge in [-0.2, -0.15) is 5.10 Å². The van der Waals surface area contributed by atoms with Gasteiger partial charge in [0.1, 0.15) is 18.5 Å². The van der Waals surface area contributed by atoms with Crippen molar-refractivity contribution in [3.05, 3.63) is 83.7 Å². The third kappa shape index (κ3) is 6.91. The van der Waals surface area contributed by atoms with Crippen molar-refractivity contribution in [1.82, 2.24) is 25.4 Å². The molecule has 0 spiro atoms. The van der Waals surface area contributed by atoms with Crippen molar-refractivity contribution >= 4 is 29.9 Å². The maximum Gasteiger partial charge on any atom is 0.191 e. The van der Waals surface area contributed by atoms with Gasteiger partial charge in [0.2, 0.25) is 0 Å². The first-order chi connectivity index (χ1) is 13.2. The highest BCUT2D eigenvalue weighted by molar-refractivity contribution is 14.0. The summed E-state index contributed by atoms with van der Waals surface area (Å²) in [7, 11) is 1.73. The smallest absolute Gasteiger partial charge is 0.191 e. The van der Waals surface area contributed by atoms with Crippen molar-refractivity contribution in [2.75, 3.05) is 13.6 Å². The predicted octanol–water partition coefficient (Wildman–Crippen LogP) is 2.99. The van der Waals surface area contributed by atoms with E-state index in [2.05, 4.69) is 43.9 Å². The fraction of sp³-hybridized carbons (Fsp3) is 0.250. The number of hydrogen-bond acceptors (Lipinski definition) is 3. The molecule has 28 heavy (non-hydrogen) atoms. The van der Waals surface area contributed by atoms with E-state index in [0.717, 1.165) is 23.1 Å². The SMILES string of the molecule is CN=C(NCCc1cccc(F)c1)NCc1cccc(Cn2cncn2)c1.I. The van der Waals surface area contributed by atoms with Gasteiger partial charge in [0, 0.05) is 20.1 Å². The molecular formula is C20H24FIN6. The van der Waals surface area contributed by atoms with E-state index in [-0.39, 0.29) is 29.8 Å². The topological polar surface area (TPSA) is 67.1 Å². The van der Waals surface area contributed by atoms with Crippen molar-refractivity contribution in [3.8, 4) is 0 Å². The minimum absolute atomic E-state index is 0. The van der Waals surface area contributed by atoms with E-state index in [1.54, 1.807) is 30.2 Å². The number of benzene rings is 2. The fourth-order valence-corrected chi connectivity index (χ4v) is 2.76. The normalized spacial score (nSPS) is 11.0. The lowest BCUT2D eigenvalue weighted by Crippen LogP contribution is -2.37. The van der Waals surface area contributed by atoms with Crippen molar-refractivity contribution in [2.24, 2.45) is 4.99 Å². The molecule has 0 aliphatic carbocycles. The van der Waals surface area contributed by atoms with Crippen LogP contribution in [-0.2, 0) is 19.5 Å². The van der Waals surface area contributed by atoms with E-state index in [1.165, 1.54) is 12.4 Å².